The minimum absolute atomic E-state index is 0.833. The van der Waals surface area contributed by atoms with Crippen molar-refractivity contribution in [3.63, 3.8) is 0 Å². The third-order valence-corrected chi connectivity index (χ3v) is 6.17. The summed E-state index contributed by atoms with van der Waals surface area (Å²) in [5.41, 5.74) is 4.67. The van der Waals surface area contributed by atoms with Gasteiger partial charge in [0.15, 0.2) is 11.0 Å². The van der Waals surface area contributed by atoms with E-state index in [4.69, 9.17) is 0 Å². The van der Waals surface area contributed by atoms with Crippen LogP contribution in [0.15, 0.2) is 102 Å². The maximum atomic E-state index is 4.56. The summed E-state index contributed by atoms with van der Waals surface area (Å²) in [6.07, 6.45) is 0. The molecule has 4 aromatic carbocycles. The van der Waals surface area contributed by atoms with Crippen LogP contribution in [0, 0.1) is 6.92 Å². The third-order valence-electron chi connectivity index (χ3n) is 5.19. The second-order valence-corrected chi connectivity index (χ2v) is 8.21. The number of thioether (sulfide) groups is 1. The number of hydrogen-bond donors (Lipinski definition) is 0. The van der Waals surface area contributed by atoms with Gasteiger partial charge in [-0.05, 0) is 35.4 Å². The van der Waals surface area contributed by atoms with E-state index in [0.717, 1.165) is 28.0 Å². The molecule has 0 N–H and O–H groups in total. The zero-order chi connectivity index (χ0) is 20.3. The number of aryl methyl sites for hydroxylation is 1. The average Bonchev–Trinajstić information content (AvgIpc) is 3.23. The zero-order valence-electron chi connectivity index (χ0n) is 16.7. The molecule has 146 valence electrons. The quantitative estimate of drug-likeness (QED) is 0.304. The first-order chi connectivity index (χ1) is 14.8. The Hall–Kier alpha value is -3.37. The fourth-order valence-electron chi connectivity index (χ4n) is 3.62. The van der Waals surface area contributed by atoms with Crippen LogP contribution in [0.3, 0.4) is 0 Å². The van der Waals surface area contributed by atoms with E-state index in [1.807, 2.05) is 18.2 Å². The number of fused-ring (bicyclic) bond motifs is 1. The Morgan fingerprint density at radius 3 is 2.30 bits per heavy atom. The molecule has 0 unspecified atom stereocenters. The second kappa shape index (κ2) is 8.17. The van der Waals surface area contributed by atoms with Gasteiger partial charge in [0.2, 0.25) is 0 Å². The van der Waals surface area contributed by atoms with Crippen LogP contribution < -0.4 is 0 Å². The van der Waals surface area contributed by atoms with Crippen LogP contribution in [0.1, 0.15) is 11.1 Å². The zero-order valence-corrected chi connectivity index (χ0v) is 17.5. The molecule has 0 amide bonds. The molecule has 5 rings (SSSR count). The fraction of sp³-hybridized carbons (Fsp3) is 0.0769. The van der Waals surface area contributed by atoms with Crippen LogP contribution in [0.2, 0.25) is 0 Å². The van der Waals surface area contributed by atoms with Crippen LogP contribution in [0.4, 0.5) is 0 Å². The molecule has 0 fully saturated rings. The second-order valence-electron chi connectivity index (χ2n) is 7.27. The molecule has 0 aliphatic heterocycles. The molecule has 30 heavy (non-hydrogen) atoms. The lowest BCUT2D eigenvalue weighted by atomic mass is 10.1. The van der Waals surface area contributed by atoms with Crippen molar-refractivity contribution in [2.75, 3.05) is 0 Å². The summed E-state index contributed by atoms with van der Waals surface area (Å²) in [4.78, 5) is 0. The van der Waals surface area contributed by atoms with Gasteiger partial charge in [0.1, 0.15) is 0 Å². The maximum absolute atomic E-state index is 4.56. The molecule has 0 atom stereocenters. The monoisotopic (exact) mass is 407 g/mol. The standard InChI is InChI=1S/C26H21N3S/c1-19-14-16-23(17-15-19)29-25(21-9-3-2-4-10-21)27-28-26(29)30-18-22-12-7-11-20-8-5-6-13-24(20)22/h2-17H,18H2,1H3. The van der Waals surface area contributed by atoms with Crippen LogP contribution in [0.25, 0.3) is 27.8 Å². The molecule has 0 spiro atoms. The van der Waals surface area contributed by atoms with Gasteiger partial charge >= 0.3 is 0 Å². The Morgan fingerprint density at radius 2 is 1.47 bits per heavy atom. The number of nitrogens with zero attached hydrogens (tertiary/aromatic N) is 3. The van der Waals surface area contributed by atoms with Gasteiger partial charge in [-0.2, -0.15) is 0 Å². The highest BCUT2D eigenvalue weighted by Gasteiger charge is 2.16. The van der Waals surface area contributed by atoms with Crippen molar-refractivity contribution in [1.29, 1.82) is 0 Å². The summed E-state index contributed by atoms with van der Waals surface area (Å²) in [7, 11) is 0. The lowest BCUT2D eigenvalue weighted by Crippen LogP contribution is -2.00. The van der Waals surface area contributed by atoms with Crippen molar-refractivity contribution in [1.82, 2.24) is 14.8 Å². The molecule has 0 aliphatic carbocycles. The number of hydrogen-bond acceptors (Lipinski definition) is 3. The van der Waals surface area contributed by atoms with E-state index in [-0.39, 0.29) is 0 Å². The van der Waals surface area contributed by atoms with Gasteiger partial charge in [-0.1, -0.05) is 102 Å². The molecule has 3 nitrogen and oxygen atoms in total. The lowest BCUT2D eigenvalue weighted by molar-refractivity contribution is 0.885. The Bertz CT molecular complexity index is 1290. The SMILES string of the molecule is Cc1ccc(-n2c(SCc3cccc4ccccc34)nnc2-c2ccccc2)cc1. The largest absolute Gasteiger partial charge is 0.270 e. The van der Waals surface area contributed by atoms with E-state index in [9.17, 15) is 0 Å². The van der Waals surface area contributed by atoms with Gasteiger partial charge in [-0.15, -0.1) is 10.2 Å². The van der Waals surface area contributed by atoms with Crippen LogP contribution in [0.5, 0.6) is 0 Å². The maximum Gasteiger partial charge on any atom is 0.196 e. The van der Waals surface area contributed by atoms with E-state index in [2.05, 4.69) is 101 Å². The van der Waals surface area contributed by atoms with Crippen molar-refractivity contribution < 1.29 is 0 Å². The van der Waals surface area contributed by atoms with E-state index < -0.39 is 0 Å². The molecule has 0 bridgehead atoms. The van der Waals surface area contributed by atoms with Crippen LogP contribution in [-0.2, 0) is 5.75 Å². The van der Waals surface area contributed by atoms with Gasteiger partial charge in [0.25, 0.3) is 0 Å². The van der Waals surface area contributed by atoms with Crippen molar-refractivity contribution in [2.24, 2.45) is 0 Å². The lowest BCUT2D eigenvalue weighted by Gasteiger charge is -2.11. The van der Waals surface area contributed by atoms with E-state index in [1.165, 1.54) is 21.9 Å². The van der Waals surface area contributed by atoms with Crippen molar-refractivity contribution in [3.8, 4) is 17.1 Å². The van der Waals surface area contributed by atoms with E-state index in [0.29, 0.717) is 0 Å². The molecule has 4 heteroatoms. The molecule has 0 aliphatic rings. The van der Waals surface area contributed by atoms with Crippen molar-refractivity contribution in [2.45, 2.75) is 17.8 Å². The van der Waals surface area contributed by atoms with Crippen molar-refractivity contribution >= 4 is 22.5 Å². The summed E-state index contributed by atoms with van der Waals surface area (Å²) in [5.74, 6) is 1.69. The number of aromatic nitrogens is 3. The minimum Gasteiger partial charge on any atom is -0.270 e. The van der Waals surface area contributed by atoms with Gasteiger partial charge in [0.05, 0.1) is 0 Å². The van der Waals surface area contributed by atoms with Gasteiger partial charge < -0.3 is 0 Å². The predicted octanol–water partition coefficient (Wildman–Crippen LogP) is 6.69. The van der Waals surface area contributed by atoms with Crippen molar-refractivity contribution in [3.05, 3.63) is 108 Å². The number of rotatable bonds is 5. The summed E-state index contributed by atoms with van der Waals surface area (Å²) >= 11 is 1.72. The molecule has 0 radical (unpaired) electrons. The summed E-state index contributed by atoms with van der Waals surface area (Å²) in [5, 5.41) is 12.6. The molecule has 5 aromatic rings. The molecule has 1 heterocycles. The van der Waals surface area contributed by atoms with Crippen LogP contribution >= 0.6 is 11.8 Å². The highest BCUT2D eigenvalue weighted by molar-refractivity contribution is 7.98. The first-order valence-electron chi connectivity index (χ1n) is 9.97. The van der Waals surface area contributed by atoms with Crippen LogP contribution in [-0.4, -0.2) is 14.8 Å². The fourth-order valence-corrected chi connectivity index (χ4v) is 4.58. The smallest absolute Gasteiger partial charge is 0.196 e. The molecule has 1 aromatic heterocycles. The Morgan fingerprint density at radius 1 is 0.733 bits per heavy atom. The molecular weight excluding hydrogens is 386 g/mol. The summed E-state index contributed by atoms with van der Waals surface area (Å²) in [6.45, 7) is 2.10. The predicted molar refractivity (Wildman–Crippen MR) is 125 cm³/mol. The third kappa shape index (κ3) is 3.62. The summed E-state index contributed by atoms with van der Waals surface area (Å²) < 4.78 is 2.16. The molecule has 0 saturated heterocycles. The minimum atomic E-state index is 0.833. The first kappa shape index (κ1) is 18.6. The Labute approximate surface area is 180 Å². The first-order valence-corrected chi connectivity index (χ1v) is 11.0. The highest BCUT2D eigenvalue weighted by Crippen LogP contribution is 2.31. The topological polar surface area (TPSA) is 30.7 Å². The number of benzene rings is 4. The Balaban J connectivity index is 1.55. The Kier molecular flexibility index (Phi) is 5.08. The average molecular weight is 408 g/mol. The highest BCUT2D eigenvalue weighted by atomic mass is 32.2. The van der Waals surface area contributed by atoms with E-state index in [1.54, 1.807) is 11.8 Å². The summed E-state index contributed by atoms with van der Waals surface area (Å²) in [6, 6.07) is 33.8. The molecule has 0 saturated carbocycles. The van der Waals surface area contributed by atoms with Gasteiger partial charge in [-0.25, -0.2) is 0 Å². The van der Waals surface area contributed by atoms with Gasteiger partial charge in [0, 0.05) is 17.0 Å². The van der Waals surface area contributed by atoms with E-state index >= 15 is 0 Å². The van der Waals surface area contributed by atoms with Gasteiger partial charge in [-0.3, -0.25) is 4.57 Å². The normalized spacial score (nSPS) is 11.1. The molecular formula is C26H21N3S.